The number of cyclic esters (lactones) is 1. The smallest absolute Gasteiger partial charge is 0.407 e. The molecule has 0 unspecified atom stereocenters. The summed E-state index contributed by atoms with van der Waals surface area (Å²) in [7, 11) is 0. The molecule has 1 aliphatic heterocycles. The van der Waals surface area contributed by atoms with Gasteiger partial charge in [0.25, 0.3) is 0 Å². The van der Waals surface area contributed by atoms with Gasteiger partial charge in [-0.15, -0.1) is 0 Å². The third-order valence-electron chi connectivity index (χ3n) is 4.70. The molecule has 1 amide bonds. The third-order valence-corrected chi connectivity index (χ3v) is 4.70. The van der Waals surface area contributed by atoms with Crippen molar-refractivity contribution in [2.45, 2.75) is 72.3 Å². The van der Waals surface area contributed by atoms with Crippen molar-refractivity contribution in [3.05, 3.63) is 28.8 Å². The predicted molar refractivity (Wildman–Crippen MR) is 96.5 cm³/mol. The molecular weight excluding hydrogens is 302 g/mol. The number of amides is 1. The number of rotatable bonds is 1. The van der Waals surface area contributed by atoms with Crippen LogP contribution < -0.4 is 5.32 Å². The molecule has 0 radical (unpaired) electrons. The molecule has 4 nitrogen and oxygen atoms in total. The molecule has 1 aliphatic rings. The van der Waals surface area contributed by atoms with Gasteiger partial charge in [-0.25, -0.2) is 4.79 Å². The van der Waals surface area contributed by atoms with Gasteiger partial charge in [-0.1, -0.05) is 55.4 Å². The molecule has 1 aromatic carbocycles. The number of benzene rings is 1. The molecule has 4 heteroatoms. The molecule has 134 valence electrons. The molecule has 24 heavy (non-hydrogen) atoms. The maximum atomic E-state index is 11.8. The maximum absolute atomic E-state index is 11.8. The highest BCUT2D eigenvalue weighted by molar-refractivity contribution is 5.69. The first-order valence-corrected chi connectivity index (χ1v) is 8.54. The van der Waals surface area contributed by atoms with Gasteiger partial charge >= 0.3 is 6.09 Å². The highest BCUT2D eigenvalue weighted by Crippen LogP contribution is 2.44. The lowest BCUT2D eigenvalue weighted by atomic mass is 9.74. The third kappa shape index (κ3) is 3.52. The van der Waals surface area contributed by atoms with Crippen LogP contribution in [0.4, 0.5) is 4.79 Å². The second kappa shape index (κ2) is 5.68. The van der Waals surface area contributed by atoms with Gasteiger partial charge in [0, 0.05) is 5.41 Å². The van der Waals surface area contributed by atoms with Crippen LogP contribution in [-0.4, -0.2) is 17.8 Å². The Balaban J connectivity index is 2.68. The number of aromatic hydroxyl groups is 1. The van der Waals surface area contributed by atoms with Crippen LogP contribution in [0.2, 0.25) is 0 Å². The molecule has 1 saturated heterocycles. The summed E-state index contributed by atoms with van der Waals surface area (Å²) in [6.07, 6.45) is -0.387. The van der Waals surface area contributed by atoms with Crippen LogP contribution in [0.3, 0.4) is 0 Å². The van der Waals surface area contributed by atoms with Gasteiger partial charge in [0.15, 0.2) is 0 Å². The fourth-order valence-corrected chi connectivity index (χ4v) is 3.19. The molecule has 1 atom stereocenters. The van der Waals surface area contributed by atoms with Crippen LogP contribution in [-0.2, 0) is 15.6 Å². The molecular formula is C20H31NO3. The molecule has 0 spiro atoms. The Morgan fingerprint density at radius 2 is 1.54 bits per heavy atom. The Kier molecular flexibility index (Phi) is 4.41. The van der Waals surface area contributed by atoms with Crippen LogP contribution in [0.15, 0.2) is 12.1 Å². The minimum atomic E-state index is -0.387. The summed E-state index contributed by atoms with van der Waals surface area (Å²) in [5, 5.41) is 13.8. The van der Waals surface area contributed by atoms with Gasteiger partial charge in [-0.3, -0.25) is 0 Å². The molecule has 2 N–H and O–H groups in total. The Bertz CT molecular complexity index is 613. The van der Waals surface area contributed by atoms with Crippen LogP contribution in [0.5, 0.6) is 5.75 Å². The minimum Gasteiger partial charge on any atom is -0.507 e. The van der Waals surface area contributed by atoms with E-state index in [1.165, 1.54) is 0 Å². The van der Waals surface area contributed by atoms with Gasteiger partial charge in [0.05, 0.1) is 6.04 Å². The van der Waals surface area contributed by atoms with Gasteiger partial charge in [0.2, 0.25) is 0 Å². The van der Waals surface area contributed by atoms with Crippen LogP contribution in [0, 0.1) is 5.41 Å². The highest BCUT2D eigenvalue weighted by Gasteiger charge is 2.39. The summed E-state index contributed by atoms with van der Waals surface area (Å²) in [5.74, 6) is 0.356. The summed E-state index contributed by atoms with van der Waals surface area (Å²) < 4.78 is 5.16. The van der Waals surface area contributed by atoms with Crippen molar-refractivity contribution < 1.29 is 14.6 Å². The largest absolute Gasteiger partial charge is 0.507 e. The van der Waals surface area contributed by atoms with Crippen molar-refractivity contribution in [3.63, 3.8) is 0 Å². The standard InChI is InChI=1S/C20H31NO3/c1-18(2,3)13-9-12(10-14(15(13)22)19(4,5)6)16-20(7,8)11-24-17(23)21-16/h9-10,16,22H,11H2,1-8H3,(H,21,23)/t16-/m0/s1. The lowest BCUT2D eigenvalue weighted by Crippen LogP contribution is -2.47. The number of nitrogens with one attached hydrogen (secondary N) is 1. The highest BCUT2D eigenvalue weighted by atomic mass is 16.6. The second-order valence-corrected chi connectivity index (χ2v) is 9.61. The Hall–Kier alpha value is -1.71. The van der Waals surface area contributed by atoms with Crippen LogP contribution in [0.25, 0.3) is 0 Å². The number of carbonyl (C=O) groups excluding carboxylic acids is 1. The molecule has 0 saturated carbocycles. The van der Waals surface area contributed by atoms with Gasteiger partial charge in [-0.2, -0.15) is 0 Å². The molecule has 1 fully saturated rings. The van der Waals surface area contributed by atoms with Crippen molar-refractivity contribution >= 4 is 6.09 Å². The van der Waals surface area contributed by atoms with E-state index < -0.39 is 0 Å². The zero-order valence-corrected chi connectivity index (χ0v) is 16.2. The van der Waals surface area contributed by atoms with E-state index in [9.17, 15) is 9.90 Å². The Morgan fingerprint density at radius 3 is 1.96 bits per heavy atom. The summed E-state index contributed by atoms with van der Waals surface area (Å²) in [4.78, 5) is 11.8. The monoisotopic (exact) mass is 333 g/mol. The minimum absolute atomic E-state index is 0.151. The summed E-state index contributed by atoms with van der Waals surface area (Å²) in [6, 6.07) is 3.91. The Labute approximate surface area is 145 Å². The maximum Gasteiger partial charge on any atom is 0.407 e. The van der Waals surface area contributed by atoms with E-state index >= 15 is 0 Å². The van der Waals surface area contributed by atoms with Gasteiger partial charge in [-0.05, 0) is 39.7 Å². The van der Waals surface area contributed by atoms with E-state index in [0.29, 0.717) is 12.4 Å². The van der Waals surface area contributed by atoms with Crippen molar-refractivity contribution in [3.8, 4) is 5.75 Å². The molecule has 1 aromatic rings. The fourth-order valence-electron chi connectivity index (χ4n) is 3.19. The Morgan fingerprint density at radius 1 is 1.08 bits per heavy atom. The summed E-state index contributed by atoms with van der Waals surface area (Å²) >= 11 is 0. The van der Waals surface area contributed by atoms with Crippen LogP contribution in [0.1, 0.15) is 78.1 Å². The number of carbonyl (C=O) groups is 1. The molecule has 0 aromatic heterocycles. The topological polar surface area (TPSA) is 58.6 Å². The number of phenols is 1. The van der Waals surface area contributed by atoms with Crippen molar-refractivity contribution in [1.29, 1.82) is 0 Å². The first-order chi connectivity index (χ1) is 10.7. The van der Waals surface area contributed by atoms with Crippen LogP contribution >= 0.6 is 0 Å². The second-order valence-electron chi connectivity index (χ2n) is 9.61. The average molecular weight is 333 g/mol. The van der Waals surface area contributed by atoms with E-state index in [-0.39, 0.29) is 28.4 Å². The SMILES string of the molecule is CC(C)(C)c1cc([C@@H]2NC(=O)OCC2(C)C)cc(C(C)(C)C)c1O. The molecule has 1 heterocycles. The first kappa shape index (κ1) is 18.6. The van der Waals surface area contributed by atoms with Crippen molar-refractivity contribution in [2.24, 2.45) is 5.41 Å². The van der Waals surface area contributed by atoms with E-state index in [1.807, 2.05) is 12.1 Å². The summed E-state index contributed by atoms with van der Waals surface area (Å²) in [6.45, 7) is 17.1. The van der Waals surface area contributed by atoms with E-state index in [2.05, 4.69) is 60.7 Å². The van der Waals surface area contributed by atoms with Gasteiger partial charge < -0.3 is 15.2 Å². The average Bonchev–Trinajstić information content (AvgIpc) is 2.39. The molecule has 0 aliphatic carbocycles. The quantitative estimate of drug-likeness (QED) is 0.776. The van der Waals surface area contributed by atoms with Crippen molar-refractivity contribution in [2.75, 3.05) is 6.61 Å². The predicted octanol–water partition coefficient (Wildman–Crippen LogP) is 4.79. The number of ether oxygens (including phenoxy) is 1. The van der Waals surface area contributed by atoms with Crippen molar-refractivity contribution in [1.82, 2.24) is 5.32 Å². The van der Waals surface area contributed by atoms with E-state index in [4.69, 9.17) is 4.74 Å². The first-order valence-electron chi connectivity index (χ1n) is 8.54. The summed E-state index contributed by atoms with van der Waals surface area (Å²) in [5.41, 5.74) is 2.21. The zero-order chi connectivity index (χ0) is 18.5. The van der Waals surface area contributed by atoms with E-state index in [0.717, 1.165) is 16.7 Å². The zero-order valence-electron chi connectivity index (χ0n) is 16.2. The molecule has 2 rings (SSSR count). The number of hydrogen-bond acceptors (Lipinski definition) is 3. The van der Waals surface area contributed by atoms with E-state index in [1.54, 1.807) is 0 Å². The number of phenolic OH excluding ortho intramolecular Hbond substituents is 1. The van der Waals surface area contributed by atoms with Gasteiger partial charge in [0.1, 0.15) is 12.4 Å². The lowest BCUT2D eigenvalue weighted by Gasteiger charge is -2.40. The fraction of sp³-hybridized carbons (Fsp3) is 0.650. The number of alkyl carbamates (subject to hydrolysis) is 1. The number of hydrogen-bond donors (Lipinski definition) is 2. The normalized spacial score (nSPS) is 21.2. The lowest BCUT2D eigenvalue weighted by molar-refractivity contribution is 0.0386. The molecule has 0 bridgehead atoms.